The normalized spacial score (nSPS) is 17.2. The first-order chi connectivity index (χ1) is 12.5. The van der Waals surface area contributed by atoms with E-state index in [0.717, 1.165) is 10.4 Å². The maximum Gasteiger partial charge on any atom is 0.170 e. The van der Waals surface area contributed by atoms with Gasteiger partial charge >= 0.3 is 0 Å². The number of halogens is 1. The van der Waals surface area contributed by atoms with Crippen molar-refractivity contribution in [1.82, 2.24) is 15.4 Å². The van der Waals surface area contributed by atoms with E-state index in [0.29, 0.717) is 27.6 Å². The number of aryl methyl sites for hydroxylation is 1. The van der Waals surface area contributed by atoms with Gasteiger partial charge in [0, 0.05) is 16.9 Å². The maximum atomic E-state index is 10.9. The van der Waals surface area contributed by atoms with Crippen LogP contribution in [0.15, 0.2) is 35.4 Å². The van der Waals surface area contributed by atoms with Crippen molar-refractivity contribution < 1.29 is 5.11 Å². The molecule has 0 radical (unpaired) electrons. The second-order valence-corrected chi connectivity index (χ2v) is 7.37. The maximum absolute atomic E-state index is 10.9. The molecule has 2 aromatic heterocycles. The Labute approximate surface area is 159 Å². The average Bonchev–Trinajstić information content (AvgIpc) is 3.01. The molecule has 1 aliphatic rings. The van der Waals surface area contributed by atoms with Gasteiger partial charge in [0.15, 0.2) is 5.82 Å². The number of benzene rings is 1. The Hall–Kier alpha value is -2.66. The summed E-state index contributed by atoms with van der Waals surface area (Å²) in [4.78, 5) is 10.1. The Kier molecular flexibility index (Phi) is 4.04. The zero-order valence-electron chi connectivity index (χ0n) is 14.0. The quantitative estimate of drug-likeness (QED) is 0.656. The van der Waals surface area contributed by atoms with E-state index in [1.54, 1.807) is 30.3 Å². The molecule has 1 atom stereocenters. The van der Waals surface area contributed by atoms with Crippen molar-refractivity contribution in [2.45, 2.75) is 13.0 Å². The molecule has 0 saturated heterocycles. The average molecular weight is 384 g/mol. The molecule has 3 heterocycles. The number of aliphatic hydroxyl groups is 1. The molecule has 8 heteroatoms. The molecule has 0 spiro atoms. The Morgan fingerprint density at radius 2 is 2.12 bits per heavy atom. The van der Waals surface area contributed by atoms with Crippen molar-refractivity contribution in [2.75, 3.05) is 12.1 Å². The molecule has 0 fully saturated rings. The number of nitriles is 1. The highest BCUT2D eigenvalue weighted by Crippen LogP contribution is 2.37. The van der Waals surface area contributed by atoms with Crippen molar-refractivity contribution in [3.05, 3.63) is 56.6 Å². The third-order valence-electron chi connectivity index (χ3n) is 4.29. The van der Waals surface area contributed by atoms with Crippen molar-refractivity contribution in [3.8, 4) is 6.07 Å². The SMILES string of the molecule is Cc1ccsc1C1NN(C)c2nc3ccc(Cl)cc3nc2C(C#N)=C1O. The number of aromatic nitrogens is 2. The number of allylic oxidation sites excluding steroid dienone is 1. The fraction of sp³-hybridized carbons (Fsp3) is 0.167. The molecule has 0 aliphatic carbocycles. The van der Waals surface area contributed by atoms with Crippen LogP contribution in [0.3, 0.4) is 0 Å². The Morgan fingerprint density at radius 1 is 1.31 bits per heavy atom. The van der Waals surface area contributed by atoms with Gasteiger partial charge in [0.05, 0.1) is 11.0 Å². The minimum atomic E-state index is -0.544. The third kappa shape index (κ3) is 2.59. The second-order valence-electron chi connectivity index (χ2n) is 5.99. The Morgan fingerprint density at radius 3 is 2.81 bits per heavy atom. The van der Waals surface area contributed by atoms with Crippen LogP contribution in [-0.2, 0) is 0 Å². The first-order valence-corrected chi connectivity index (χ1v) is 9.10. The summed E-state index contributed by atoms with van der Waals surface area (Å²) < 4.78 is 0. The number of hydrogen-bond donors (Lipinski definition) is 2. The molecule has 6 nitrogen and oxygen atoms in total. The summed E-state index contributed by atoms with van der Waals surface area (Å²) in [7, 11) is 1.79. The van der Waals surface area contributed by atoms with Gasteiger partial charge in [-0.15, -0.1) is 11.3 Å². The van der Waals surface area contributed by atoms with Crippen molar-refractivity contribution in [3.63, 3.8) is 0 Å². The molecular weight excluding hydrogens is 370 g/mol. The highest BCUT2D eigenvalue weighted by atomic mass is 35.5. The molecule has 0 bridgehead atoms. The molecule has 4 rings (SSSR count). The summed E-state index contributed by atoms with van der Waals surface area (Å²) in [5.41, 5.74) is 5.91. The molecule has 1 aliphatic heterocycles. The summed E-state index contributed by atoms with van der Waals surface area (Å²) in [5.74, 6) is 0.402. The van der Waals surface area contributed by atoms with Gasteiger partial charge in [-0.3, -0.25) is 5.01 Å². The van der Waals surface area contributed by atoms with E-state index < -0.39 is 6.04 Å². The zero-order valence-corrected chi connectivity index (χ0v) is 15.6. The number of aliphatic hydroxyl groups excluding tert-OH is 1. The third-order valence-corrected chi connectivity index (χ3v) is 5.61. The monoisotopic (exact) mass is 383 g/mol. The Balaban J connectivity index is 1.98. The molecule has 0 amide bonds. The van der Waals surface area contributed by atoms with Crippen molar-refractivity contribution in [2.24, 2.45) is 0 Å². The number of rotatable bonds is 1. The molecule has 2 N–H and O–H groups in total. The topological polar surface area (TPSA) is 85.1 Å². The minimum Gasteiger partial charge on any atom is -0.509 e. The van der Waals surface area contributed by atoms with Gasteiger partial charge in [0.1, 0.15) is 29.1 Å². The largest absolute Gasteiger partial charge is 0.509 e. The van der Waals surface area contributed by atoms with Crippen LogP contribution in [0, 0.1) is 18.3 Å². The van der Waals surface area contributed by atoms with Crippen LogP contribution in [0.4, 0.5) is 5.82 Å². The van der Waals surface area contributed by atoms with Crippen LogP contribution in [-0.4, -0.2) is 22.1 Å². The molecule has 3 aromatic rings. The lowest BCUT2D eigenvalue weighted by molar-refractivity contribution is 0.348. The molecule has 1 aromatic carbocycles. The number of fused-ring (bicyclic) bond motifs is 2. The Bertz CT molecular complexity index is 1100. The highest BCUT2D eigenvalue weighted by Gasteiger charge is 2.32. The summed E-state index contributed by atoms with van der Waals surface area (Å²) >= 11 is 7.57. The number of thiophene rings is 1. The number of nitrogens with one attached hydrogen (secondary N) is 1. The molecule has 130 valence electrons. The lowest BCUT2D eigenvalue weighted by Crippen LogP contribution is -2.38. The van der Waals surface area contributed by atoms with E-state index in [1.807, 2.05) is 18.4 Å². The van der Waals surface area contributed by atoms with Crippen molar-refractivity contribution >= 4 is 45.4 Å². The summed E-state index contributed by atoms with van der Waals surface area (Å²) in [5, 5.41) is 24.8. The fourth-order valence-electron chi connectivity index (χ4n) is 2.97. The lowest BCUT2D eigenvalue weighted by atomic mass is 10.1. The first-order valence-electron chi connectivity index (χ1n) is 7.84. The fourth-order valence-corrected chi connectivity index (χ4v) is 4.11. The van der Waals surface area contributed by atoms with Gasteiger partial charge in [-0.05, 0) is 42.1 Å². The van der Waals surface area contributed by atoms with Crippen LogP contribution in [0.5, 0.6) is 0 Å². The zero-order chi connectivity index (χ0) is 18.4. The summed E-state index contributed by atoms with van der Waals surface area (Å²) in [6.07, 6.45) is 0. The van der Waals surface area contributed by atoms with Crippen LogP contribution >= 0.6 is 22.9 Å². The van der Waals surface area contributed by atoms with E-state index in [2.05, 4.69) is 21.5 Å². The summed E-state index contributed by atoms with van der Waals surface area (Å²) in [6, 6.07) is 8.74. The van der Waals surface area contributed by atoms with E-state index >= 15 is 0 Å². The molecule has 26 heavy (non-hydrogen) atoms. The standard InChI is InChI=1S/C18H14ClN5OS/c1-9-5-6-26-17(9)15-16(25)11(8-20)14-18(24(2)23-15)22-12-4-3-10(19)7-13(12)21-14/h3-7,15,23,25H,1-2H3. The van der Waals surface area contributed by atoms with E-state index in [4.69, 9.17) is 11.6 Å². The van der Waals surface area contributed by atoms with Crippen LogP contribution in [0.1, 0.15) is 22.2 Å². The van der Waals surface area contributed by atoms with Gasteiger partial charge in [-0.2, -0.15) is 5.26 Å². The number of nitrogens with zero attached hydrogens (tertiary/aromatic N) is 4. The van der Waals surface area contributed by atoms with E-state index in [9.17, 15) is 10.4 Å². The van der Waals surface area contributed by atoms with Crippen LogP contribution in [0.25, 0.3) is 16.6 Å². The van der Waals surface area contributed by atoms with Gasteiger partial charge in [-0.1, -0.05) is 11.6 Å². The van der Waals surface area contributed by atoms with Crippen LogP contribution in [0.2, 0.25) is 5.02 Å². The molecule has 0 saturated carbocycles. The minimum absolute atomic E-state index is 0.0701. The smallest absolute Gasteiger partial charge is 0.170 e. The van der Waals surface area contributed by atoms with E-state index in [1.165, 1.54) is 11.3 Å². The van der Waals surface area contributed by atoms with Gasteiger partial charge in [-0.25, -0.2) is 15.4 Å². The van der Waals surface area contributed by atoms with E-state index in [-0.39, 0.29) is 11.3 Å². The predicted molar refractivity (Wildman–Crippen MR) is 103 cm³/mol. The second kappa shape index (κ2) is 6.25. The van der Waals surface area contributed by atoms with Crippen molar-refractivity contribution in [1.29, 1.82) is 5.26 Å². The number of anilines is 1. The first kappa shape index (κ1) is 16.8. The predicted octanol–water partition coefficient (Wildman–Crippen LogP) is 4.14. The number of hydrazine groups is 1. The highest BCUT2D eigenvalue weighted by molar-refractivity contribution is 7.10. The number of hydrogen-bond acceptors (Lipinski definition) is 7. The van der Waals surface area contributed by atoms with Crippen LogP contribution < -0.4 is 10.4 Å². The van der Waals surface area contributed by atoms with Gasteiger partial charge in [0.25, 0.3) is 0 Å². The summed E-state index contributed by atoms with van der Waals surface area (Å²) in [6.45, 7) is 1.97. The van der Waals surface area contributed by atoms with Gasteiger partial charge in [0.2, 0.25) is 0 Å². The lowest BCUT2D eigenvalue weighted by Gasteiger charge is -2.24. The molecular formula is C18H14ClN5OS. The van der Waals surface area contributed by atoms with Gasteiger partial charge < -0.3 is 5.11 Å². The molecule has 1 unspecified atom stereocenters.